The topological polar surface area (TPSA) is 46.5 Å². The molecule has 0 amide bonds. The Labute approximate surface area is 195 Å². The highest BCUT2D eigenvalue weighted by atomic mass is 127. The van der Waals surface area contributed by atoms with Crippen molar-refractivity contribution in [2.45, 2.75) is 14.7 Å². The lowest BCUT2D eigenvalue weighted by Crippen LogP contribution is -2.02. The summed E-state index contributed by atoms with van der Waals surface area (Å²) in [6.07, 6.45) is 0. The highest BCUT2D eigenvalue weighted by Gasteiger charge is 2.28. The fraction of sp³-hybridized carbons (Fsp3) is 0.0385. The number of methoxy groups -OCH3 is 1. The Kier molecular flexibility index (Phi) is 6.34. The van der Waals surface area contributed by atoms with Crippen LogP contribution in [0.15, 0.2) is 118 Å². The van der Waals surface area contributed by atoms with Crippen LogP contribution in [0.4, 0.5) is 0 Å². The van der Waals surface area contributed by atoms with E-state index in [9.17, 15) is 9.90 Å². The highest BCUT2D eigenvalue weighted by Crippen LogP contribution is 2.74. The number of phenolic OH excluding ortho intramolecular Hbond substituents is 1. The van der Waals surface area contributed by atoms with E-state index >= 15 is 0 Å². The molecule has 0 saturated carbocycles. The van der Waals surface area contributed by atoms with E-state index in [1.165, 1.54) is 4.90 Å². The molecule has 0 fully saturated rings. The van der Waals surface area contributed by atoms with E-state index in [1.54, 1.807) is 43.5 Å². The summed E-state index contributed by atoms with van der Waals surface area (Å²) < 4.78 is 5.17. The fourth-order valence-corrected chi connectivity index (χ4v) is 8.37. The molecule has 0 aliphatic carbocycles. The predicted molar refractivity (Wildman–Crippen MR) is 134 cm³/mol. The molecule has 1 N–H and O–H groups in total. The van der Waals surface area contributed by atoms with E-state index in [0.29, 0.717) is 11.1 Å². The minimum Gasteiger partial charge on any atom is -0.508 e. The number of ether oxygens (including phenoxy) is 1. The zero-order valence-electron chi connectivity index (χ0n) is 16.9. The molecular formula is C26H21IO3S. The molecule has 0 aliphatic rings. The average molecular weight is 540 g/mol. The summed E-state index contributed by atoms with van der Waals surface area (Å²) in [4.78, 5) is 16.4. The van der Waals surface area contributed by atoms with E-state index < -0.39 is 7.20 Å². The van der Waals surface area contributed by atoms with Gasteiger partial charge in [0.2, 0.25) is 0 Å². The number of halogens is 1. The number of phenols is 1. The molecule has 0 heterocycles. The first-order chi connectivity index (χ1) is 15.0. The number of carbonyl (C=O) groups excluding carboxylic acids is 1. The van der Waals surface area contributed by atoms with Gasteiger partial charge in [-0.3, -0.25) is 4.79 Å². The zero-order chi connectivity index (χ0) is 21.8. The van der Waals surface area contributed by atoms with E-state index in [1.807, 2.05) is 54.6 Å². The number of aromatic hydroxyl groups is 1. The van der Waals surface area contributed by atoms with Crippen LogP contribution >= 0.6 is 28.4 Å². The molecule has 0 saturated heterocycles. The van der Waals surface area contributed by atoms with Gasteiger partial charge in [-0.05, 0) is 106 Å². The van der Waals surface area contributed by atoms with Crippen molar-refractivity contribution in [3.8, 4) is 11.5 Å². The number of benzene rings is 4. The van der Waals surface area contributed by atoms with Crippen LogP contribution in [0.2, 0.25) is 0 Å². The smallest absolute Gasteiger partial charge is 0.193 e. The largest absolute Gasteiger partial charge is 0.508 e. The van der Waals surface area contributed by atoms with E-state index in [0.717, 1.165) is 15.5 Å². The summed E-state index contributed by atoms with van der Waals surface area (Å²) >= 11 is 2.54. The normalized spacial score (nSPS) is 13.7. The van der Waals surface area contributed by atoms with E-state index in [-0.39, 0.29) is 11.5 Å². The third-order valence-electron chi connectivity index (χ3n) is 5.02. The van der Waals surface area contributed by atoms with Crippen molar-refractivity contribution < 1.29 is 14.6 Å². The van der Waals surface area contributed by atoms with Gasteiger partial charge in [0, 0.05) is 25.8 Å². The number of carbonyl (C=O) groups is 1. The molecule has 0 spiro atoms. The van der Waals surface area contributed by atoms with Crippen molar-refractivity contribution in [2.24, 2.45) is 0 Å². The van der Waals surface area contributed by atoms with Crippen molar-refractivity contribution >= 4 is 34.2 Å². The van der Waals surface area contributed by atoms with Crippen LogP contribution in [0.25, 0.3) is 0 Å². The Hall–Kier alpha value is -2.77. The molecule has 0 aliphatic heterocycles. The van der Waals surface area contributed by atoms with E-state index in [2.05, 4.69) is 33.3 Å². The molecule has 156 valence electrons. The molecule has 31 heavy (non-hydrogen) atoms. The van der Waals surface area contributed by atoms with Crippen LogP contribution in [0, 0.1) is 0 Å². The van der Waals surface area contributed by atoms with Crippen molar-refractivity contribution in [1.82, 2.24) is 0 Å². The molecule has 0 bridgehead atoms. The first-order valence-electron chi connectivity index (χ1n) is 9.68. The lowest BCUT2D eigenvalue weighted by molar-refractivity contribution is 0.103. The van der Waals surface area contributed by atoms with Gasteiger partial charge in [-0.25, -0.2) is 0 Å². The van der Waals surface area contributed by atoms with Crippen LogP contribution in [0.3, 0.4) is 0 Å². The van der Waals surface area contributed by atoms with Crippen molar-refractivity contribution in [3.63, 3.8) is 0 Å². The minimum atomic E-state index is -1.58. The molecule has 0 aromatic heterocycles. The fourth-order valence-electron chi connectivity index (χ4n) is 3.35. The lowest BCUT2D eigenvalue weighted by Gasteiger charge is -2.35. The van der Waals surface area contributed by atoms with Crippen LogP contribution in [0.5, 0.6) is 11.5 Å². The van der Waals surface area contributed by atoms with Gasteiger partial charge in [0.05, 0.1) is 7.11 Å². The van der Waals surface area contributed by atoms with Crippen molar-refractivity contribution in [1.29, 1.82) is 0 Å². The quantitative estimate of drug-likeness (QED) is 0.207. The Balaban J connectivity index is 1.73. The van der Waals surface area contributed by atoms with Gasteiger partial charge in [0.25, 0.3) is 0 Å². The SMILES string of the molecule is COc1ccc(C(=O)c2ccc(S(I)(c3ccccc3)c3ccc(O)cc3)cc2)cc1. The van der Waals surface area contributed by atoms with E-state index in [4.69, 9.17) is 4.74 Å². The monoisotopic (exact) mass is 540 g/mol. The summed E-state index contributed by atoms with van der Waals surface area (Å²) in [5.74, 6) is 0.949. The maximum absolute atomic E-state index is 12.9. The van der Waals surface area contributed by atoms with Crippen LogP contribution in [-0.4, -0.2) is 18.0 Å². The molecule has 4 rings (SSSR count). The molecule has 1 atom stereocenters. The molecule has 0 radical (unpaired) electrons. The second-order valence-corrected chi connectivity index (χ2v) is 13.4. The van der Waals surface area contributed by atoms with Crippen LogP contribution in [0.1, 0.15) is 15.9 Å². The van der Waals surface area contributed by atoms with Gasteiger partial charge < -0.3 is 9.84 Å². The molecule has 4 aromatic carbocycles. The minimum absolute atomic E-state index is 0.0207. The zero-order valence-corrected chi connectivity index (χ0v) is 19.8. The van der Waals surface area contributed by atoms with Gasteiger partial charge in [0.15, 0.2) is 5.78 Å². The second kappa shape index (κ2) is 9.16. The molecule has 4 aromatic rings. The lowest BCUT2D eigenvalue weighted by atomic mass is 10.0. The first-order valence-corrected chi connectivity index (χ1v) is 13.9. The Morgan fingerprint density at radius 2 is 1.16 bits per heavy atom. The average Bonchev–Trinajstić information content (AvgIpc) is 2.84. The summed E-state index contributed by atoms with van der Waals surface area (Å²) in [5.41, 5.74) is 1.27. The number of hydrogen-bond donors (Lipinski definition) is 1. The van der Waals surface area contributed by atoms with Crippen LogP contribution < -0.4 is 4.74 Å². The standard InChI is InChI=1S/C26H21IO3S/c1-30-22-13-7-19(8-14-22)26(29)20-9-15-24(16-10-20)31(27,23-5-3-2-4-6-23)25-17-11-21(28)12-18-25/h2-18,28H,1H3. The summed E-state index contributed by atoms with van der Waals surface area (Å²) in [5, 5.41) is 9.76. The number of ketones is 1. The van der Waals surface area contributed by atoms with Crippen molar-refractivity contribution in [2.75, 3.05) is 7.11 Å². The van der Waals surface area contributed by atoms with Crippen LogP contribution in [-0.2, 0) is 0 Å². The molecule has 3 nitrogen and oxygen atoms in total. The van der Waals surface area contributed by atoms with Gasteiger partial charge in [0.1, 0.15) is 11.5 Å². The molecular weight excluding hydrogens is 519 g/mol. The third kappa shape index (κ3) is 4.34. The summed E-state index contributed by atoms with van der Waals surface area (Å²) in [6, 6.07) is 32.8. The first kappa shape index (κ1) is 21.5. The Morgan fingerprint density at radius 3 is 1.68 bits per heavy atom. The Morgan fingerprint density at radius 1 is 0.710 bits per heavy atom. The maximum Gasteiger partial charge on any atom is 0.193 e. The predicted octanol–water partition coefficient (Wildman–Crippen LogP) is 7.26. The summed E-state index contributed by atoms with van der Waals surface area (Å²) in [7, 11) is 0.0292. The Bertz CT molecular complexity index is 1170. The van der Waals surface area contributed by atoms with Gasteiger partial charge >= 0.3 is 0 Å². The number of hydrogen-bond acceptors (Lipinski definition) is 3. The molecule has 1 unspecified atom stereocenters. The van der Waals surface area contributed by atoms with Crippen molar-refractivity contribution in [3.05, 3.63) is 114 Å². The maximum atomic E-state index is 12.9. The highest BCUT2D eigenvalue weighted by molar-refractivity contribution is 14.2. The second-order valence-electron chi connectivity index (χ2n) is 6.93. The summed E-state index contributed by atoms with van der Waals surface area (Å²) in [6.45, 7) is 0. The van der Waals surface area contributed by atoms with Gasteiger partial charge in [-0.15, -0.1) is 7.20 Å². The van der Waals surface area contributed by atoms with Gasteiger partial charge in [-0.1, -0.05) is 18.2 Å². The molecule has 5 heteroatoms. The van der Waals surface area contributed by atoms with Gasteiger partial charge in [-0.2, -0.15) is 0 Å². The number of rotatable bonds is 6. The third-order valence-corrected chi connectivity index (χ3v) is 12.4.